The van der Waals surface area contributed by atoms with Crippen molar-refractivity contribution in [2.24, 2.45) is 5.92 Å². The Morgan fingerprint density at radius 1 is 1.30 bits per heavy atom. The Morgan fingerprint density at radius 2 is 2.20 bits per heavy atom. The van der Waals surface area contributed by atoms with E-state index in [9.17, 15) is 0 Å². The maximum atomic E-state index is 4.53. The lowest BCUT2D eigenvalue weighted by Gasteiger charge is -2.20. The molecule has 2 heterocycles. The molecule has 112 valence electrons. The van der Waals surface area contributed by atoms with Gasteiger partial charge in [0, 0.05) is 25.0 Å². The van der Waals surface area contributed by atoms with Gasteiger partial charge in [-0.3, -0.25) is 9.88 Å². The van der Waals surface area contributed by atoms with Crippen molar-refractivity contribution in [2.45, 2.75) is 52.5 Å². The number of aromatic nitrogens is 1. The van der Waals surface area contributed by atoms with Crippen molar-refractivity contribution in [1.29, 1.82) is 0 Å². The van der Waals surface area contributed by atoms with Crippen LogP contribution in [0.2, 0.25) is 0 Å². The first kappa shape index (κ1) is 15.3. The molecule has 1 aliphatic rings. The molecule has 0 radical (unpaired) electrons. The first-order chi connectivity index (χ1) is 9.81. The Hall–Kier alpha value is -1.09. The number of anilines is 1. The second-order valence-corrected chi connectivity index (χ2v) is 5.94. The van der Waals surface area contributed by atoms with E-state index in [4.69, 9.17) is 0 Å². The van der Waals surface area contributed by atoms with E-state index in [1.165, 1.54) is 50.2 Å². The maximum Gasteiger partial charge on any atom is 0.0564 e. The molecule has 20 heavy (non-hydrogen) atoms. The van der Waals surface area contributed by atoms with Gasteiger partial charge < -0.3 is 5.32 Å². The van der Waals surface area contributed by atoms with Gasteiger partial charge in [0.25, 0.3) is 0 Å². The highest BCUT2D eigenvalue weighted by atomic mass is 15.1. The normalized spacial score (nSPS) is 20.6. The van der Waals surface area contributed by atoms with Gasteiger partial charge in [-0.05, 0) is 56.8 Å². The van der Waals surface area contributed by atoms with Gasteiger partial charge in [0.05, 0.1) is 5.69 Å². The zero-order valence-corrected chi connectivity index (χ0v) is 13.1. The van der Waals surface area contributed by atoms with E-state index >= 15 is 0 Å². The van der Waals surface area contributed by atoms with Crippen LogP contribution in [-0.4, -0.2) is 29.5 Å². The van der Waals surface area contributed by atoms with Gasteiger partial charge in [0.1, 0.15) is 0 Å². The zero-order valence-electron chi connectivity index (χ0n) is 13.1. The van der Waals surface area contributed by atoms with Crippen LogP contribution in [0.1, 0.15) is 51.6 Å². The summed E-state index contributed by atoms with van der Waals surface area (Å²) in [5.41, 5.74) is 2.40. The largest absolute Gasteiger partial charge is 0.385 e. The van der Waals surface area contributed by atoms with Crippen molar-refractivity contribution in [3.05, 3.63) is 24.0 Å². The molecule has 1 unspecified atom stereocenters. The maximum absolute atomic E-state index is 4.53. The van der Waals surface area contributed by atoms with Gasteiger partial charge in [0.2, 0.25) is 0 Å². The van der Waals surface area contributed by atoms with Gasteiger partial charge in [-0.15, -0.1) is 0 Å². The molecule has 2 rings (SSSR count). The van der Waals surface area contributed by atoms with Gasteiger partial charge >= 0.3 is 0 Å². The molecule has 0 saturated carbocycles. The third kappa shape index (κ3) is 4.78. The lowest BCUT2D eigenvalue weighted by molar-refractivity contribution is 0.269. The van der Waals surface area contributed by atoms with Crippen molar-refractivity contribution >= 4 is 5.69 Å². The van der Waals surface area contributed by atoms with E-state index in [0.29, 0.717) is 0 Å². The topological polar surface area (TPSA) is 28.2 Å². The number of likely N-dealkylation sites (tertiary alicyclic amines) is 1. The Morgan fingerprint density at radius 3 is 3.00 bits per heavy atom. The summed E-state index contributed by atoms with van der Waals surface area (Å²) in [7, 11) is 0. The predicted molar refractivity (Wildman–Crippen MR) is 85.9 cm³/mol. The molecule has 1 aliphatic heterocycles. The molecular formula is C17H29N3. The van der Waals surface area contributed by atoms with E-state index in [2.05, 4.69) is 41.2 Å². The number of nitrogens with one attached hydrogen (secondary N) is 1. The molecule has 3 heteroatoms. The zero-order chi connectivity index (χ0) is 14.2. The summed E-state index contributed by atoms with van der Waals surface area (Å²) >= 11 is 0. The molecule has 1 aromatic heterocycles. The third-order valence-corrected chi connectivity index (χ3v) is 4.30. The summed E-state index contributed by atoms with van der Waals surface area (Å²) in [5.74, 6) is 0.936. The summed E-state index contributed by atoms with van der Waals surface area (Å²) in [6.07, 6.45) is 8.51. The van der Waals surface area contributed by atoms with Crippen LogP contribution in [0.4, 0.5) is 5.69 Å². The highest BCUT2D eigenvalue weighted by molar-refractivity contribution is 5.43. The van der Waals surface area contributed by atoms with Crippen molar-refractivity contribution in [1.82, 2.24) is 9.88 Å². The second-order valence-electron chi connectivity index (χ2n) is 5.94. The standard InChI is InChI=1S/C17H29N3/c1-3-9-18-16-7-10-19-17(13-16)14-20-11-5-6-15(4-2)8-12-20/h7,10,13,15H,3-6,8-9,11-12,14H2,1-2H3,(H,18,19). The van der Waals surface area contributed by atoms with Crippen molar-refractivity contribution < 1.29 is 0 Å². The molecule has 1 N–H and O–H groups in total. The summed E-state index contributed by atoms with van der Waals surface area (Å²) < 4.78 is 0. The lowest BCUT2D eigenvalue weighted by atomic mass is 9.98. The predicted octanol–water partition coefficient (Wildman–Crippen LogP) is 3.92. The first-order valence-electron chi connectivity index (χ1n) is 8.23. The quantitative estimate of drug-likeness (QED) is 0.853. The average Bonchev–Trinajstić information content (AvgIpc) is 2.71. The van der Waals surface area contributed by atoms with Gasteiger partial charge in [-0.25, -0.2) is 0 Å². The fourth-order valence-corrected chi connectivity index (χ4v) is 2.96. The highest BCUT2D eigenvalue weighted by Gasteiger charge is 2.16. The van der Waals surface area contributed by atoms with Crippen LogP contribution in [0, 0.1) is 5.92 Å². The van der Waals surface area contributed by atoms with E-state index in [-0.39, 0.29) is 0 Å². The first-order valence-corrected chi connectivity index (χ1v) is 8.23. The van der Waals surface area contributed by atoms with Gasteiger partial charge in [-0.2, -0.15) is 0 Å². The number of nitrogens with zero attached hydrogens (tertiary/aromatic N) is 2. The van der Waals surface area contributed by atoms with Crippen LogP contribution in [0.3, 0.4) is 0 Å². The number of rotatable bonds is 6. The minimum absolute atomic E-state index is 0.936. The second kappa shape index (κ2) is 8.25. The molecule has 3 nitrogen and oxygen atoms in total. The molecule has 0 aliphatic carbocycles. The van der Waals surface area contributed by atoms with Crippen molar-refractivity contribution in [3.8, 4) is 0 Å². The fraction of sp³-hybridized carbons (Fsp3) is 0.706. The monoisotopic (exact) mass is 275 g/mol. The Bertz CT molecular complexity index is 392. The number of pyridine rings is 1. The van der Waals surface area contributed by atoms with Crippen LogP contribution in [-0.2, 0) is 6.54 Å². The number of hydrogen-bond donors (Lipinski definition) is 1. The summed E-state index contributed by atoms with van der Waals surface area (Å²) in [4.78, 5) is 7.10. The molecule has 1 saturated heterocycles. The van der Waals surface area contributed by atoms with Crippen LogP contribution < -0.4 is 5.32 Å². The molecule has 1 fully saturated rings. The average molecular weight is 275 g/mol. The third-order valence-electron chi connectivity index (χ3n) is 4.30. The molecule has 1 aromatic rings. The summed E-state index contributed by atoms with van der Waals surface area (Å²) in [5, 5.41) is 3.44. The van der Waals surface area contributed by atoms with Crippen LogP contribution in [0.15, 0.2) is 18.3 Å². The van der Waals surface area contributed by atoms with Crippen LogP contribution >= 0.6 is 0 Å². The molecule has 1 atom stereocenters. The molecular weight excluding hydrogens is 246 g/mol. The van der Waals surface area contributed by atoms with E-state index in [1.54, 1.807) is 0 Å². The van der Waals surface area contributed by atoms with E-state index in [1.807, 2.05) is 6.20 Å². The molecule has 0 aromatic carbocycles. The Balaban J connectivity index is 1.88. The summed E-state index contributed by atoms with van der Waals surface area (Å²) in [6.45, 7) is 9.00. The summed E-state index contributed by atoms with van der Waals surface area (Å²) in [6, 6.07) is 4.27. The minimum atomic E-state index is 0.936. The fourth-order valence-electron chi connectivity index (χ4n) is 2.96. The Labute approximate surface area is 123 Å². The lowest BCUT2D eigenvalue weighted by Crippen LogP contribution is -2.24. The van der Waals surface area contributed by atoms with Crippen LogP contribution in [0.5, 0.6) is 0 Å². The molecule has 0 bridgehead atoms. The van der Waals surface area contributed by atoms with E-state index < -0.39 is 0 Å². The highest BCUT2D eigenvalue weighted by Crippen LogP contribution is 2.21. The van der Waals surface area contributed by atoms with Crippen molar-refractivity contribution in [3.63, 3.8) is 0 Å². The Kier molecular flexibility index (Phi) is 6.31. The van der Waals surface area contributed by atoms with Crippen molar-refractivity contribution in [2.75, 3.05) is 25.0 Å². The molecule has 0 amide bonds. The molecule has 0 spiro atoms. The van der Waals surface area contributed by atoms with Gasteiger partial charge in [-0.1, -0.05) is 20.3 Å². The minimum Gasteiger partial charge on any atom is -0.385 e. The van der Waals surface area contributed by atoms with Gasteiger partial charge in [0.15, 0.2) is 0 Å². The van der Waals surface area contributed by atoms with Crippen LogP contribution in [0.25, 0.3) is 0 Å². The van der Waals surface area contributed by atoms with E-state index in [0.717, 1.165) is 25.4 Å². The SMILES string of the molecule is CCCNc1ccnc(CN2CCCC(CC)CC2)c1. The number of hydrogen-bond acceptors (Lipinski definition) is 3. The smallest absolute Gasteiger partial charge is 0.0564 e.